The smallest absolute Gasteiger partial charge is 0.278 e. The minimum Gasteiger partial charge on any atom is -0.282 e. The number of amides is 1. The lowest BCUT2D eigenvalue weighted by Gasteiger charge is -1.98. The maximum atomic E-state index is 11.0. The van der Waals surface area contributed by atoms with Crippen molar-refractivity contribution in [3.05, 3.63) is 17.5 Å². The minimum atomic E-state index is -0.293. The lowest BCUT2D eigenvalue weighted by Crippen LogP contribution is -2.21. The Morgan fingerprint density at radius 2 is 2.55 bits per heavy atom. The molecule has 1 amide bonds. The molecule has 0 saturated carbocycles. The molecule has 0 aromatic carbocycles. The lowest BCUT2D eigenvalue weighted by molar-refractivity contribution is 0.0537. The summed E-state index contributed by atoms with van der Waals surface area (Å²) < 4.78 is 0. The van der Waals surface area contributed by atoms with Crippen LogP contribution in [0.2, 0.25) is 0 Å². The van der Waals surface area contributed by atoms with Gasteiger partial charge < -0.3 is 0 Å². The van der Waals surface area contributed by atoms with Crippen LogP contribution in [0.4, 0.5) is 0 Å². The van der Waals surface area contributed by atoms with Crippen molar-refractivity contribution in [1.29, 1.82) is 0 Å². The SMILES string of the molecule is CONC(=O)c1cn[nH]c1C. The standard InChI is InChI=1S/C6H9N3O2/c1-4-5(3-7-8-4)6(10)9-11-2/h3H,1-2H3,(H,7,8)(H,9,10). The highest BCUT2D eigenvalue weighted by atomic mass is 16.6. The van der Waals surface area contributed by atoms with E-state index in [4.69, 9.17) is 0 Å². The van der Waals surface area contributed by atoms with Gasteiger partial charge in [0.25, 0.3) is 5.91 Å². The first-order valence-corrected chi connectivity index (χ1v) is 3.09. The zero-order chi connectivity index (χ0) is 8.27. The number of aromatic amines is 1. The zero-order valence-electron chi connectivity index (χ0n) is 6.34. The van der Waals surface area contributed by atoms with E-state index in [0.29, 0.717) is 5.56 Å². The normalized spacial score (nSPS) is 9.64. The van der Waals surface area contributed by atoms with E-state index in [-0.39, 0.29) is 5.91 Å². The van der Waals surface area contributed by atoms with Crippen LogP contribution in [-0.2, 0) is 4.84 Å². The van der Waals surface area contributed by atoms with Crippen LogP contribution in [0.1, 0.15) is 16.1 Å². The first-order valence-electron chi connectivity index (χ1n) is 3.09. The molecular weight excluding hydrogens is 146 g/mol. The number of carbonyl (C=O) groups excluding carboxylic acids is 1. The van der Waals surface area contributed by atoms with E-state index < -0.39 is 0 Å². The third-order valence-corrected chi connectivity index (χ3v) is 1.27. The number of aryl methyl sites for hydroxylation is 1. The van der Waals surface area contributed by atoms with E-state index in [1.165, 1.54) is 13.3 Å². The molecule has 11 heavy (non-hydrogen) atoms. The maximum absolute atomic E-state index is 11.0. The van der Waals surface area contributed by atoms with Crippen molar-refractivity contribution < 1.29 is 9.63 Å². The Balaban J connectivity index is 2.76. The second-order valence-electron chi connectivity index (χ2n) is 2.04. The van der Waals surface area contributed by atoms with Crippen LogP contribution in [0.15, 0.2) is 6.20 Å². The molecule has 0 atom stereocenters. The fourth-order valence-corrected chi connectivity index (χ4v) is 0.727. The summed E-state index contributed by atoms with van der Waals surface area (Å²) in [5, 5.41) is 6.33. The van der Waals surface area contributed by atoms with E-state index in [1.54, 1.807) is 6.92 Å². The van der Waals surface area contributed by atoms with Crippen LogP contribution in [-0.4, -0.2) is 23.2 Å². The quantitative estimate of drug-likeness (QED) is 0.591. The first-order chi connectivity index (χ1) is 5.25. The van der Waals surface area contributed by atoms with Gasteiger partial charge in [-0.05, 0) is 6.92 Å². The molecule has 1 aromatic heterocycles. The Morgan fingerprint density at radius 3 is 3.00 bits per heavy atom. The highest BCUT2D eigenvalue weighted by Crippen LogP contribution is 2.00. The van der Waals surface area contributed by atoms with Gasteiger partial charge in [-0.25, -0.2) is 5.48 Å². The maximum Gasteiger partial charge on any atom is 0.278 e. The van der Waals surface area contributed by atoms with Crippen molar-refractivity contribution >= 4 is 5.91 Å². The predicted molar refractivity (Wildman–Crippen MR) is 37.8 cm³/mol. The Kier molecular flexibility index (Phi) is 2.22. The van der Waals surface area contributed by atoms with Gasteiger partial charge in [0.1, 0.15) is 0 Å². The van der Waals surface area contributed by atoms with Crippen LogP contribution in [0, 0.1) is 6.92 Å². The summed E-state index contributed by atoms with van der Waals surface area (Å²) in [6.45, 7) is 1.76. The van der Waals surface area contributed by atoms with Crippen LogP contribution in [0.25, 0.3) is 0 Å². The van der Waals surface area contributed by atoms with Crippen molar-refractivity contribution in [2.75, 3.05) is 7.11 Å². The van der Waals surface area contributed by atoms with Crippen molar-refractivity contribution in [2.24, 2.45) is 0 Å². The van der Waals surface area contributed by atoms with Gasteiger partial charge in [0.15, 0.2) is 0 Å². The van der Waals surface area contributed by atoms with Crippen molar-refractivity contribution in [3.63, 3.8) is 0 Å². The third kappa shape index (κ3) is 1.56. The average molecular weight is 155 g/mol. The summed E-state index contributed by atoms with van der Waals surface area (Å²) in [7, 11) is 1.38. The van der Waals surface area contributed by atoms with Gasteiger partial charge in [-0.1, -0.05) is 0 Å². The zero-order valence-corrected chi connectivity index (χ0v) is 6.34. The van der Waals surface area contributed by atoms with Gasteiger partial charge in [-0.3, -0.25) is 14.7 Å². The van der Waals surface area contributed by atoms with Crippen molar-refractivity contribution in [1.82, 2.24) is 15.7 Å². The highest BCUT2D eigenvalue weighted by Gasteiger charge is 2.08. The molecule has 5 nitrogen and oxygen atoms in total. The molecular formula is C6H9N3O2. The number of nitrogens with one attached hydrogen (secondary N) is 2. The molecule has 2 N–H and O–H groups in total. The van der Waals surface area contributed by atoms with Crippen LogP contribution in [0.3, 0.4) is 0 Å². The Labute approximate surface area is 63.7 Å². The number of H-pyrrole nitrogens is 1. The lowest BCUT2D eigenvalue weighted by atomic mass is 10.2. The predicted octanol–water partition coefficient (Wildman–Crippen LogP) is 0.00932. The van der Waals surface area contributed by atoms with Gasteiger partial charge in [0.2, 0.25) is 0 Å². The van der Waals surface area contributed by atoms with Crippen LogP contribution >= 0.6 is 0 Å². The molecule has 0 aliphatic rings. The summed E-state index contributed by atoms with van der Waals surface area (Å²) >= 11 is 0. The molecule has 0 aliphatic heterocycles. The molecule has 1 aromatic rings. The number of nitrogens with zero attached hydrogens (tertiary/aromatic N) is 1. The number of rotatable bonds is 2. The Bertz CT molecular complexity index is 256. The highest BCUT2D eigenvalue weighted by molar-refractivity contribution is 5.94. The van der Waals surface area contributed by atoms with Crippen LogP contribution < -0.4 is 5.48 Å². The summed E-state index contributed by atoms with van der Waals surface area (Å²) in [5.74, 6) is -0.293. The molecule has 1 heterocycles. The van der Waals surface area contributed by atoms with E-state index in [1.807, 2.05) is 0 Å². The molecule has 0 fully saturated rings. The average Bonchev–Trinajstić information content (AvgIpc) is 2.36. The molecule has 0 bridgehead atoms. The summed E-state index contributed by atoms with van der Waals surface area (Å²) in [5.41, 5.74) is 3.40. The first kappa shape index (κ1) is 7.74. The molecule has 0 aliphatic carbocycles. The van der Waals surface area contributed by atoms with Gasteiger partial charge >= 0.3 is 0 Å². The molecule has 60 valence electrons. The van der Waals surface area contributed by atoms with Gasteiger partial charge in [-0.2, -0.15) is 5.10 Å². The fourth-order valence-electron chi connectivity index (χ4n) is 0.727. The number of carbonyl (C=O) groups is 1. The number of hydrogen-bond donors (Lipinski definition) is 2. The molecule has 0 saturated heterocycles. The molecule has 5 heteroatoms. The summed E-state index contributed by atoms with van der Waals surface area (Å²) in [4.78, 5) is 15.5. The molecule has 0 unspecified atom stereocenters. The number of aromatic nitrogens is 2. The van der Waals surface area contributed by atoms with E-state index >= 15 is 0 Å². The van der Waals surface area contributed by atoms with Crippen LogP contribution in [0.5, 0.6) is 0 Å². The summed E-state index contributed by atoms with van der Waals surface area (Å²) in [6.07, 6.45) is 1.45. The molecule has 0 spiro atoms. The van der Waals surface area contributed by atoms with Crippen molar-refractivity contribution in [2.45, 2.75) is 6.92 Å². The molecule has 1 rings (SSSR count). The second-order valence-corrected chi connectivity index (χ2v) is 2.04. The number of hydroxylamine groups is 1. The Morgan fingerprint density at radius 1 is 1.82 bits per heavy atom. The number of hydrogen-bond acceptors (Lipinski definition) is 3. The Hall–Kier alpha value is -1.36. The van der Waals surface area contributed by atoms with E-state index in [0.717, 1.165) is 5.69 Å². The third-order valence-electron chi connectivity index (χ3n) is 1.27. The van der Waals surface area contributed by atoms with Gasteiger partial charge in [0, 0.05) is 5.69 Å². The van der Waals surface area contributed by atoms with E-state index in [9.17, 15) is 4.79 Å². The van der Waals surface area contributed by atoms with E-state index in [2.05, 4.69) is 20.5 Å². The van der Waals surface area contributed by atoms with Gasteiger partial charge in [0.05, 0.1) is 18.9 Å². The topological polar surface area (TPSA) is 67.0 Å². The summed E-state index contributed by atoms with van der Waals surface area (Å²) in [6, 6.07) is 0. The fraction of sp³-hybridized carbons (Fsp3) is 0.333. The van der Waals surface area contributed by atoms with Crippen molar-refractivity contribution in [3.8, 4) is 0 Å². The second kappa shape index (κ2) is 3.16. The largest absolute Gasteiger partial charge is 0.282 e. The minimum absolute atomic E-state index is 0.293. The molecule has 0 radical (unpaired) electrons. The monoisotopic (exact) mass is 155 g/mol. The van der Waals surface area contributed by atoms with Gasteiger partial charge in [-0.15, -0.1) is 0 Å².